The second-order valence-electron chi connectivity index (χ2n) is 10.3. The number of thioether (sulfide) groups is 1. The van der Waals surface area contributed by atoms with E-state index in [-0.39, 0.29) is 24.1 Å². The lowest BCUT2D eigenvalue weighted by Gasteiger charge is -2.18. The average molecular weight is 662 g/mol. The molecule has 5 rings (SSSR count). The van der Waals surface area contributed by atoms with Gasteiger partial charge in [-0.05, 0) is 63.1 Å². The van der Waals surface area contributed by atoms with E-state index in [0.29, 0.717) is 77.3 Å². The number of para-hydroxylation sites is 1. The molecule has 0 bridgehead atoms. The normalized spacial score (nSPS) is 12.0. The van der Waals surface area contributed by atoms with Gasteiger partial charge >= 0.3 is 0 Å². The van der Waals surface area contributed by atoms with Crippen LogP contribution >= 0.6 is 11.8 Å². The Morgan fingerprint density at radius 3 is 2.26 bits per heavy atom. The Balaban J connectivity index is 1.43. The van der Waals surface area contributed by atoms with Crippen LogP contribution in [-0.4, -0.2) is 72.9 Å². The van der Waals surface area contributed by atoms with E-state index in [2.05, 4.69) is 15.5 Å². The van der Waals surface area contributed by atoms with E-state index >= 15 is 0 Å². The van der Waals surface area contributed by atoms with E-state index in [1.54, 1.807) is 54.0 Å². The molecule has 0 atom stereocenters. The highest BCUT2D eigenvalue weighted by atomic mass is 32.2. The molecule has 1 aliphatic heterocycles. The van der Waals surface area contributed by atoms with Crippen molar-refractivity contribution >= 4 is 29.3 Å². The zero-order chi connectivity index (χ0) is 33.3. The van der Waals surface area contributed by atoms with E-state index in [1.807, 2.05) is 45.0 Å². The molecule has 4 aromatic rings. The number of anilines is 1. The maximum atomic E-state index is 13.5. The van der Waals surface area contributed by atoms with Crippen molar-refractivity contribution in [1.82, 2.24) is 20.1 Å². The van der Waals surface area contributed by atoms with Crippen molar-refractivity contribution in [3.63, 3.8) is 0 Å². The molecule has 1 N–H and O–H groups in total. The summed E-state index contributed by atoms with van der Waals surface area (Å²) in [6.07, 6.45) is 0.820. The SMILES string of the molecule is CCOc1cc(C(=O)NCc2nnc(SCC(=O)N3CCc4ccccc43)n2-c2cc(OC)ccc2OC)cc(OCC)c1OCC. The van der Waals surface area contributed by atoms with Gasteiger partial charge in [-0.25, -0.2) is 0 Å². The first-order chi connectivity index (χ1) is 22.9. The number of fused-ring (bicyclic) bond motifs is 1. The fraction of sp³-hybridized carbons (Fsp3) is 0.353. The van der Waals surface area contributed by atoms with Gasteiger partial charge in [0, 0.05) is 23.9 Å². The Kier molecular flexibility index (Phi) is 11.1. The molecule has 0 radical (unpaired) electrons. The summed E-state index contributed by atoms with van der Waals surface area (Å²) in [4.78, 5) is 28.7. The summed E-state index contributed by atoms with van der Waals surface area (Å²) in [6, 6.07) is 16.6. The largest absolute Gasteiger partial charge is 0.497 e. The number of ether oxygens (including phenoxy) is 5. The lowest BCUT2D eigenvalue weighted by Crippen LogP contribution is -2.30. The minimum absolute atomic E-state index is 0.0152. The highest BCUT2D eigenvalue weighted by Crippen LogP contribution is 2.39. The zero-order valence-electron chi connectivity index (χ0n) is 27.2. The number of benzene rings is 3. The smallest absolute Gasteiger partial charge is 0.251 e. The number of rotatable bonds is 15. The summed E-state index contributed by atoms with van der Waals surface area (Å²) in [7, 11) is 3.14. The van der Waals surface area contributed by atoms with Crippen LogP contribution in [0.2, 0.25) is 0 Å². The first-order valence-electron chi connectivity index (χ1n) is 15.4. The average Bonchev–Trinajstić information content (AvgIpc) is 3.71. The van der Waals surface area contributed by atoms with Crippen LogP contribution in [-0.2, 0) is 17.8 Å². The third kappa shape index (κ3) is 7.40. The van der Waals surface area contributed by atoms with E-state index in [1.165, 1.54) is 11.8 Å². The monoisotopic (exact) mass is 661 g/mol. The molecule has 2 amide bonds. The summed E-state index contributed by atoms with van der Waals surface area (Å²) < 4.78 is 30.3. The molecule has 248 valence electrons. The highest BCUT2D eigenvalue weighted by molar-refractivity contribution is 7.99. The fourth-order valence-electron chi connectivity index (χ4n) is 5.30. The van der Waals surface area contributed by atoms with Gasteiger partial charge in [-0.2, -0.15) is 0 Å². The predicted molar refractivity (Wildman–Crippen MR) is 179 cm³/mol. The zero-order valence-corrected chi connectivity index (χ0v) is 28.0. The molecular formula is C34H39N5O7S. The standard InChI is InChI=1S/C34H39N5O7S/c1-6-44-28-17-23(18-29(45-7-2)32(28)46-8-3)33(41)35-20-30-36-37-34(39(30)26-19-24(42-4)13-14-27(26)43-5)47-21-31(40)38-16-15-22-11-9-10-12-25(22)38/h9-14,17-19H,6-8,15-16,20-21H2,1-5H3,(H,35,41). The number of aromatic nitrogens is 3. The maximum Gasteiger partial charge on any atom is 0.251 e. The maximum absolute atomic E-state index is 13.5. The molecule has 0 saturated heterocycles. The first kappa shape index (κ1) is 33.5. The van der Waals surface area contributed by atoms with Gasteiger partial charge in [0.2, 0.25) is 11.7 Å². The van der Waals surface area contributed by atoms with Gasteiger partial charge in [-0.15, -0.1) is 10.2 Å². The Morgan fingerprint density at radius 2 is 1.57 bits per heavy atom. The van der Waals surface area contributed by atoms with Crippen molar-refractivity contribution < 1.29 is 33.3 Å². The van der Waals surface area contributed by atoms with Crippen molar-refractivity contribution in [2.45, 2.75) is 38.9 Å². The second kappa shape index (κ2) is 15.6. The van der Waals surface area contributed by atoms with Crippen molar-refractivity contribution in [2.75, 3.05) is 51.2 Å². The number of nitrogens with one attached hydrogen (secondary N) is 1. The highest BCUT2D eigenvalue weighted by Gasteiger charge is 2.26. The van der Waals surface area contributed by atoms with E-state index in [0.717, 1.165) is 17.7 Å². The molecule has 13 heteroatoms. The summed E-state index contributed by atoms with van der Waals surface area (Å²) in [5.41, 5.74) is 3.02. The van der Waals surface area contributed by atoms with Crippen molar-refractivity contribution in [2.24, 2.45) is 0 Å². The van der Waals surface area contributed by atoms with E-state index < -0.39 is 0 Å². The van der Waals surface area contributed by atoms with E-state index in [9.17, 15) is 9.59 Å². The minimum atomic E-state index is -0.376. The Bertz CT molecular complexity index is 1700. The molecule has 0 fully saturated rings. The first-order valence-corrected chi connectivity index (χ1v) is 16.4. The van der Waals surface area contributed by atoms with Gasteiger partial charge < -0.3 is 33.9 Å². The number of amides is 2. The molecular weight excluding hydrogens is 622 g/mol. The minimum Gasteiger partial charge on any atom is -0.497 e. The number of carbonyl (C=O) groups excluding carboxylic acids is 2. The molecule has 0 aliphatic carbocycles. The topological polar surface area (TPSA) is 126 Å². The van der Waals surface area contributed by atoms with Crippen molar-refractivity contribution in [3.05, 3.63) is 71.5 Å². The summed E-state index contributed by atoms with van der Waals surface area (Å²) >= 11 is 1.26. The van der Waals surface area contributed by atoms with Gasteiger partial charge in [0.25, 0.3) is 5.91 Å². The molecule has 1 aromatic heterocycles. The quantitative estimate of drug-likeness (QED) is 0.172. The van der Waals surface area contributed by atoms with Gasteiger partial charge in [0.1, 0.15) is 11.5 Å². The number of methoxy groups -OCH3 is 2. The fourth-order valence-corrected chi connectivity index (χ4v) is 6.14. The van der Waals surface area contributed by atoms with Crippen LogP contribution in [0.4, 0.5) is 5.69 Å². The van der Waals surface area contributed by atoms with Gasteiger partial charge in [0.15, 0.2) is 22.5 Å². The van der Waals surface area contributed by atoms with Crippen LogP contribution in [0.25, 0.3) is 5.69 Å². The van der Waals surface area contributed by atoms with Crippen LogP contribution < -0.4 is 33.9 Å². The van der Waals surface area contributed by atoms with E-state index in [4.69, 9.17) is 23.7 Å². The van der Waals surface area contributed by atoms with Crippen LogP contribution in [0.5, 0.6) is 28.7 Å². The number of hydrogen-bond donors (Lipinski definition) is 1. The molecule has 3 aromatic carbocycles. The van der Waals surface area contributed by atoms with Crippen LogP contribution in [0.1, 0.15) is 42.5 Å². The van der Waals surface area contributed by atoms with Crippen LogP contribution in [0, 0.1) is 0 Å². The molecule has 1 aliphatic rings. The molecule has 0 spiro atoms. The number of hydrogen-bond acceptors (Lipinski definition) is 10. The third-order valence-corrected chi connectivity index (χ3v) is 8.33. The molecule has 47 heavy (non-hydrogen) atoms. The summed E-state index contributed by atoms with van der Waals surface area (Å²) in [6.45, 7) is 7.41. The van der Waals surface area contributed by atoms with Gasteiger partial charge in [-0.1, -0.05) is 30.0 Å². The molecule has 12 nitrogen and oxygen atoms in total. The summed E-state index contributed by atoms with van der Waals surface area (Å²) in [5.74, 6) is 2.56. The molecule has 0 unspecified atom stereocenters. The molecule has 0 saturated carbocycles. The molecule has 2 heterocycles. The third-order valence-electron chi connectivity index (χ3n) is 7.42. The Hall–Kier alpha value is -4.91. The second-order valence-corrected chi connectivity index (χ2v) is 11.2. The van der Waals surface area contributed by atoms with Gasteiger partial charge in [-0.3, -0.25) is 14.2 Å². The number of nitrogens with zero attached hydrogens (tertiary/aromatic N) is 4. The van der Waals surface area contributed by atoms with Gasteiger partial charge in [0.05, 0.1) is 52.0 Å². The van der Waals surface area contributed by atoms with Crippen LogP contribution in [0.3, 0.4) is 0 Å². The Morgan fingerprint density at radius 1 is 0.851 bits per heavy atom. The lowest BCUT2D eigenvalue weighted by atomic mass is 10.1. The van der Waals surface area contributed by atoms with Crippen LogP contribution in [0.15, 0.2) is 59.8 Å². The summed E-state index contributed by atoms with van der Waals surface area (Å²) in [5, 5.41) is 12.2. The number of carbonyl (C=O) groups is 2. The van der Waals surface area contributed by atoms with Crippen molar-refractivity contribution in [3.8, 4) is 34.4 Å². The Labute approximate surface area is 278 Å². The lowest BCUT2D eigenvalue weighted by molar-refractivity contribution is -0.116. The van der Waals surface area contributed by atoms with Crippen molar-refractivity contribution in [1.29, 1.82) is 0 Å². The predicted octanol–water partition coefficient (Wildman–Crippen LogP) is 5.09.